The normalized spacial score (nSPS) is 11.3. The van der Waals surface area contributed by atoms with E-state index in [1.54, 1.807) is 0 Å². The molecule has 0 aliphatic rings. The standard InChI is InChI=1S/C3H6O4/c1-3(6,7)2(4)5/h6-7H,1H3,(H,4,5)/p-1. The molecular formula is C3H5O4-. The molecule has 0 aromatic rings. The molecule has 0 radical (unpaired) electrons. The Hall–Kier alpha value is -0.610. The fourth-order valence-corrected chi connectivity index (χ4v) is 0. The molecule has 0 aliphatic heterocycles. The molecule has 0 heterocycles. The zero-order valence-electron chi connectivity index (χ0n) is 3.71. The Kier molecular flexibility index (Phi) is 1.35. The number of rotatable bonds is 1. The van der Waals surface area contributed by atoms with Gasteiger partial charge in [0.15, 0.2) is 0 Å². The van der Waals surface area contributed by atoms with Crippen LogP contribution in [0.15, 0.2) is 0 Å². The van der Waals surface area contributed by atoms with Crippen molar-refractivity contribution in [2.75, 3.05) is 0 Å². The molecule has 42 valence electrons. The summed E-state index contributed by atoms with van der Waals surface area (Å²) in [6.45, 7) is 0.711. The average Bonchev–Trinajstić information content (AvgIpc) is 1.31. The highest BCUT2D eigenvalue weighted by Crippen LogP contribution is 1.90. The van der Waals surface area contributed by atoms with Crippen molar-refractivity contribution >= 4 is 5.97 Å². The lowest BCUT2D eigenvalue weighted by atomic mass is 10.3. The summed E-state index contributed by atoms with van der Waals surface area (Å²) < 4.78 is 0. The van der Waals surface area contributed by atoms with Crippen molar-refractivity contribution in [2.24, 2.45) is 0 Å². The van der Waals surface area contributed by atoms with E-state index in [1.807, 2.05) is 0 Å². The lowest BCUT2D eigenvalue weighted by Crippen LogP contribution is -2.45. The first-order chi connectivity index (χ1) is 2.94. The smallest absolute Gasteiger partial charge is 0.201 e. The third-order valence-corrected chi connectivity index (χ3v) is 0.387. The summed E-state index contributed by atoms with van der Waals surface area (Å²) in [4.78, 5) is 9.41. The SMILES string of the molecule is CC(O)(O)C(=O)[O-]. The van der Waals surface area contributed by atoms with Crippen LogP contribution in [0.25, 0.3) is 0 Å². The molecule has 4 nitrogen and oxygen atoms in total. The van der Waals surface area contributed by atoms with Crippen molar-refractivity contribution in [2.45, 2.75) is 12.7 Å². The number of hydrogen-bond donors (Lipinski definition) is 2. The molecule has 0 rings (SSSR count). The van der Waals surface area contributed by atoms with Crippen LogP contribution in [0.1, 0.15) is 6.92 Å². The third-order valence-electron chi connectivity index (χ3n) is 0.387. The molecule has 0 fully saturated rings. The van der Waals surface area contributed by atoms with Crippen LogP contribution >= 0.6 is 0 Å². The van der Waals surface area contributed by atoms with Gasteiger partial charge in [-0.15, -0.1) is 0 Å². The summed E-state index contributed by atoms with van der Waals surface area (Å²) >= 11 is 0. The summed E-state index contributed by atoms with van der Waals surface area (Å²) in [5.74, 6) is -4.59. The van der Waals surface area contributed by atoms with E-state index in [2.05, 4.69) is 0 Å². The summed E-state index contributed by atoms with van der Waals surface area (Å²) in [5.41, 5.74) is 0. The number of hydrogen-bond acceptors (Lipinski definition) is 4. The van der Waals surface area contributed by atoms with Crippen molar-refractivity contribution in [1.29, 1.82) is 0 Å². The fourth-order valence-electron chi connectivity index (χ4n) is 0. The molecule has 4 heteroatoms. The van der Waals surface area contributed by atoms with Crippen LogP contribution in [-0.4, -0.2) is 22.0 Å². The maximum Gasteiger partial charge on any atom is 0.201 e. The van der Waals surface area contributed by atoms with E-state index >= 15 is 0 Å². The molecule has 0 unspecified atom stereocenters. The van der Waals surface area contributed by atoms with E-state index < -0.39 is 11.8 Å². The minimum Gasteiger partial charge on any atom is -0.544 e. The maximum atomic E-state index is 9.41. The van der Waals surface area contributed by atoms with Crippen molar-refractivity contribution in [3.63, 3.8) is 0 Å². The van der Waals surface area contributed by atoms with E-state index in [1.165, 1.54) is 0 Å². The number of carboxylic acid groups (broad SMARTS) is 1. The quantitative estimate of drug-likeness (QED) is 0.359. The Morgan fingerprint density at radius 3 is 1.86 bits per heavy atom. The Morgan fingerprint density at radius 2 is 1.86 bits per heavy atom. The molecule has 0 bridgehead atoms. The number of carbonyl (C=O) groups excluding carboxylic acids is 1. The molecule has 0 amide bonds. The van der Waals surface area contributed by atoms with E-state index in [9.17, 15) is 9.90 Å². The first-order valence-corrected chi connectivity index (χ1v) is 1.61. The van der Waals surface area contributed by atoms with E-state index in [0.717, 1.165) is 0 Å². The summed E-state index contributed by atoms with van der Waals surface area (Å²) in [6.07, 6.45) is 0. The lowest BCUT2D eigenvalue weighted by Gasteiger charge is -2.15. The van der Waals surface area contributed by atoms with Gasteiger partial charge in [0.1, 0.15) is 0 Å². The van der Waals surface area contributed by atoms with Crippen LogP contribution in [0.4, 0.5) is 0 Å². The van der Waals surface area contributed by atoms with Crippen LogP contribution in [0.3, 0.4) is 0 Å². The van der Waals surface area contributed by atoms with Gasteiger partial charge in [-0.1, -0.05) is 0 Å². The second-order valence-electron chi connectivity index (χ2n) is 1.31. The molecule has 0 spiro atoms. The van der Waals surface area contributed by atoms with Gasteiger partial charge >= 0.3 is 0 Å². The van der Waals surface area contributed by atoms with Crippen molar-refractivity contribution in [3.05, 3.63) is 0 Å². The fraction of sp³-hybridized carbons (Fsp3) is 0.667. The van der Waals surface area contributed by atoms with Gasteiger partial charge in [0.25, 0.3) is 0 Å². The first-order valence-electron chi connectivity index (χ1n) is 1.61. The lowest BCUT2D eigenvalue weighted by molar-refractivity contribution is -0.343. The molecular weight excluding hydrogens is 100 g/mol. The molecule has 0 aromatic heterocycles. The molecule has 0 saturated carbocycles. The van der Waals surface area contributed by atoms with Gasteiger partial charge < -0.3 is 20.1 Å². The minimum atomic E-state index is -2.69. The van der Waals surface area contributed by atoms with E-state index in [-0.39, 0.29) is 0 Å². The predicted octanol–water partition coefficient (Wildman–Crippen LogP) is -2.56. The van der Waals surface area contributed by atoms with Crippen LogP contribution in [0.5, 0.6) is 0 Å². The average molecular weight is 105 g/mol. The Balaban J connectivity index is 3.79. The molecule has 0 atom stereocenters. The molecule has 0 aliphatic carbocycles. The van der Waals surface area contributed by atoms with Gasteiger partial charge in [-0.05, 0) is 6.92 Å². The molecule has 0 aromatic carbocycles. The summed E-state index contributed by atoms with van der Waals surface area (Å²) in [6, 6.07) is 0. The number of aliphatic carboxylic acids is 1. The van der Waals surface area contributed by atoms with Gasteiger partial charge in [0.2, 0.25) is 5.79 Å². The zero-order valence-corrected chi connectivity index (χ0v) is 3.71. The molecule has 2 N–H and O–H groups in total. The van der Waals surface area contributed by atoms with Crippen molar-refractivity contribution in [3.8, 4) is 0 Å². The Labute approximate surface area is 40.0 Å². The zero-order chi connectivity index (χ0) is 6.08. The largest absolute Gasteiger partial charge is 0.544 e. The Morgan fingerprint density at radius 1 is 1.71 bits per heavy atom. The highest BCUT2D eigenvalue weighted by molar-refractivity contribution is 5.71. The van der Waals surface area contributed by atoms with Crippen molar-refractivity contribution < 1.29 is 20.1 Å². The highest BCUT2D eigenvalue weighted by Gasteiger charge is 2.14. The van der Waals surface area contributed by atoms with E-state index in [4.69, 9.17) is 10.2 Å². The summed E-state index contributed by atoms with van der Waals surface area (Å²) in [7, 11) is 0. The van der Waals surface area contributed by atoms with Crippen LogP contribution in [-0.2, 0) is 4.79 Å². The summed E-state index contributed by atoms with van der Waals surface area (Å²) in [5, 5.41) is 25.4. The first kappa shape index (κ1) is 6.39. The highest BCUT2D eigenvalue weighted by atomic mass is 16.5. The maximum absolute atomic E-state index is 9.41. The number of aliphatic hydroxyl groups is 2. The third kappa shape index (κ3) is 2.13. The Bertz CT molecular complexity index is 79.4. The second kappa shape index (κ2) is 1.48. The van der Waals surface area contributed by atoms with Crippen molar-refractivity contribution in [1.82, 2.24) is 0 Å². The van der Waals surface area contributed by atoms with Gasteiger partial charge in [-0.2, -0.15) is 0 Å². The van der Waals surface area contributed by atoms with Crippen LogP contribution in [0.2, 0.25) is 0 Å². The monoisotopic (exact) mass is 105 g/mol. The molecule has 7 heavy (non-hydrogen) atoms. The van der Waals surface area contributed by atoms with Gasteiger partial charge in [-0.3, -0.25) is 0 Å². The van der Waals surface area contributed by atoms with Gasteiger partial charge in [0, 0.05) is 0 Å². The second-order valence-corrected chi connectivity index (χ2v) is 1.31. The number of carboxylic acids is 1. The van der Waals surface area contributed by atoms with Gasteiger partial charge in [0.05, 0.1) is 5.97 Å². The topological polar surface area (TPSA) is 80.6 Å². The molecule has 0 saturated heterocycles. The van der Waals surface area contributed by atoms with E-state index in [0.29, 0.717) is 6.92 Å². The van der Waals surface area contributed by atoms with Gasteiger partial charge in [-0.25, -0.2) is 0 Å². The van der Waals surface area contributed by atoms with Crippen LogP contribution < -0.4 is 5.11 Å². The van der Waals surface area contributed by atoms with Crippen LogP contribution in [0, 0.1) is 0 Å². The minimum absolute atomic E-state index is 0.711. The predicted molar refractivity (Wildman–Crippen MR) is 17.8 cm³/mol. The number of carbonyl (C=O) groups is 1.